The first-order chi connectivity index (χ1) is 13.6. The first-order valence-electron chi connectivity index (χ1n) is 9.58. The summed E-state index contributed by atoms with van der Waals surface area (Å²) in [6, 6.07) is 16.1. The van der Waals surface area contributed by atoms with Crippen LogP contribution in [-0.4, -0.2) is 58.3 Å². The third-order valence-electron chi connectivity index (χ3n) is 4.12. The van der Waals surface area contributed by atoms with Crippen LogP contribution in [0.1, 0.15) is 11.1 Å². The van der Waals surface area contributed by atoms with E-state index in [1.165, 1.54) is 5.56 Å². The van der Waals surface area contributed by atoms with Gasteiger partial charge in [0.25, 0.3) is 0 Å². The number of benzene rings is 2. The van der Waals surface area contributed by atoms with E-state index < -0.39 is 0 Å². The number of nitrogens with one attached hydrogen (secondary N) is 2. The van der Waals surface area contributed by atoms with Crippen molar-refractivity contribution in [2.24, 2.45) is 4.99 Å². The van der Waals surface area contributed by atoms with Gasteiger partial charge in [-0.15, -0.1) is 0 Å². The van der Waals surface area contributed by atoms with Gasteiger partial charge in [-0.05, 0) is 39.2 Å². The zero-order chi connectivity index (χ0) is 20.2. The molecule has 0 amide bonds. The molecule has 152 valence electrons. The Balaban J connectivity index is 1.75. The van der Waals surface area contributed by atoms with Gasteiger partial charge in [-0.25, -0.2) is 0 Å². The number of para-hydroxylation sites is 1. The van der Waals surface area contributed by atoms with Gasteiger partial charge in [-0.3, -0.25) is 4.99 Å². The SMILES string of the molecule is CN=C(NCCOc1ccc(C)cc1)NCc1ccccc1OCCN(C)C. The fraction of sp³-hybridized carbons (Fsp3) is 0.409. The van der Waals surface area contributed by atoms with Crippen LogP contribution in [0.2, 0.25) is 0 Å². The Morgan fingerprint density at radius 3 is 2.43 bits per heavy atom. The van der Waals surface area contributed by atoms with Crippen LogP contribution in [0, 0.1) is 6.92 Å². The molecule has 0 aliphatic heterocycles. The second kappa shape index (κ2) is 11.9. The number of hydrogen-bond acceptors (Lipinski definition) is 4. The van der Waals surface area contributed by atoms with E-state index in [1.54, 1.807) is 7.05 Å². The molecule has 2 rings (SSSR count). The van der Waals surface area contributed by atoms with Gasteiger partial charge in [0.15, 0.2) is 5.96 Å². The Kier molecular flexibility index (Phi) is 9.15. The molecule has 6 nitrogen and oxygen atoms in total. The maximum atomic E-state index is 5.91. The fourth-order valence-electron chi connectivity index (χ4n) is 2.50. The van der Waals surface area contributed by atoms with Gasteiger partial charge in [0.1, 0.15) is 24.7 Å². The van der Waals surface area contributed by atoms with Gasteiger partial charge >= 0.3 is 0 Å². The van der Waals surface area contributed by atoms with E-state index in [0.29, 0.717) is 26.3 Å². The Morgan fingerprint density at radius 2 is 1.71 bits per heavy atom. The lowest BCUT2D eigenvalue weighted by Crippen LogP contribution is -2.39. The molecule has 2 aromatic rings. The summed E-state index contributed by atoms with van der Waals surface area (Å²) in [6.07, 6.45) is 0. The summed E-state index contributed by atoms with van der Waals surface area (Å²) in [5, 5.41) is 6.59. The quantitative estimate of drug-likeness (QED) is 0.375. The Bertz CT molecular complexity index is 730. The minimum Gasteiger partial charge on any atom is -0.492 e. The van der Waals surface area contributed by atoms with Gasteiger partial charge in [0, 0.05) is 25.7 Å². The van der Waals surface area contributed by atoms with E-state index in [4.69, 9.17) is 9.47 Å². The van der Waals surface area contributed by atoms with Crippen LogP contribution in [0.3, 0.4) is 0 Å². The maximum Gasteiger partial charge on any atom is 0.191 e. The number of ether oxygens (including phenoxy) is 2. The molecule has 0 spiro atoms. The predicted molar refractivity (Wildman–Crippen MR) is 115 cm³/mol. The summed E-state index contributed by atoms with van der Waals surface area (Å²) in [5.74, 6) is 2.50. The van der Waals surface area contributed by atoms with E-state index in [2.05, 4.69) is 33.5 Å². The van der Waals surface area contributed by atoms with Crippen molar-refractivity contribution in [1.82, 2.24) is 15.5 Å². The highest BCUT2D eigenvalue weighted by molar-refractivity contribution is 5.79. The van der Waals surface area contributed by atoms with Crippen LogP contribution in [0.5, 0.6) is 11.5 Å². The summed E-state index contributed by atoms with van der Waals surface area (Å²) in [6.45, 7) is 5.46. The van der Waals surface area contributed by atoms with Gasteiger partial charge in [0.2, 0.25) is 0 Å². The predicted octanol–water partition coefficient (Wildman–Crippen LogP) is 2.68. The molecule has 0 atom stereocenters. The molecule has 0 saturated heterocycles. The van der Waals surface area contributed by atoms with Crippen molar-refractivity contribution >= 4 is 5.96 Å². The van der Waals surface area contributed by atoms with Crippen molar-refractivity contribution in [3.63, 3.8) is 0 Å². The molecular formula is C22H32N4O2. The standard InChI is InChI=1S/C22H32N4O2/c1-18-9-11-20(12-10-18)27-15-13-24-22(23-2)25-17-19-7-5-6-8-21(19)28-16-14-26(3)4/h5-12H,13-17H2,1-4H3,(H2,23,24,25). The third kappa shape index (κ3) is 7.88. The number of guanidine groups is 1. The molecule has 0 aromatic heterocycles. The zero-order valence-electron chi connectivity index (χ0n) is 17.4. The smallest absolute Gasteiger partial charge is 0.191 e. The highest BCUT2D eigenvalue weighted by Gasteiger charge is 2.05. The fourth-order valence-corrected chi connectivity index (χ4v) is 2.50. The summed E-state index contributed by atoms with van der Waals surface area (Å²) < 4.78 is 11.6. The van der Waals surface area contributed by atoms with E-state index in [1.807, 2.05) is 56.6 Å². The van der Waals surface area contributed by atoms with Crippen molar-refractivity contribution < 1.29 is 9.47 Å². The van der Waals surface area contributed by atoms with Crippen molar-refractivity contribution in [3.05, 3.63) is 59.7 Å². The van der Waals surface area contributed by atoms with Crippen molar-refractivity contribution in [1.29, 1.82) is 0 Å². The van der Waals surface area contributed by atoms with Crippen LogP contribution in [-0.2, 0) is 6.54 Å². The van der Waals surface area contributed by atoms with E-state index >= 15 is 0 Å². The van der Waals surface area contributed by atoms with Crippen LogP contribution >= 0.6 is 0 Å². The highest BCUT2D eigenvalue weighted by Crippen LogP contribution is 2.17. The van der Waals surface area contributed by atoms with Crippen molar-refractivity contribution in [2.45, 2.75) is 13.5 Å². The molecule has 0 radical (unpaired) electrons. The molecule has 0 aliphatic rings. The zero-order valence-corrected chi connectivity index (χ0v) is 17.4. The molecule has 0 bridgehead atoms. The monoisotopic (exact) mass is 384 g/mol. The van der Waals surface area contributed by atoms with E-state index in [-0.39, 0.29) is 0 Å². The molecule has 0 unspecified atom stereocenters. The molecule has 0 fully saturated rings. The lowest BCUT2D eigenvalue weighted by Gasteiger charge is -2.16. The van der Waals surface area contributed by atoms with Crippen LogP contribution < -0.4 is 20.1 Å². The second-order valence-corrected chi connectivity index (χ2v) is 6.77. The normalized spacial score (nSPS) is 11.4. The Labute approximate surface area is 168 Å². The first kappa shape index (κ1) is 21.6. The van der Waals surface area contributed by atoms with Crippen LogP contribution in [0.15, 0.2) is 53.5 Å². The number of hydrogen-bond donors (Lipinski definition) is 2. The molecule has 0 heterocycles. The van der Waals surface area contributed by atoms with Gasteiger partial charge < -0.3 is 25.0 Å². The van der Waals surface area contributed by atoms with Gasteiger partial charge in [-0.1, -0.05) is 35.9 Å². The molecular weight excluding hydrogens is 352 g/mol. The second-order valence-electron chi connectivity index (χ2n) is 6.77. The van der Waals surface area contributed by atoms with E-state index in [9.17, 15) is 0 Å². The maximum absolute atomic E-state index is 5.91. The minimum atomic E-state index is 0.563. The van der Waals surface area contributed by atoms with Gasteiger partial charge in [-0.2, -0.15) is 0 Å². The Hall–Kier alpha value is -2.73. The largest absolute Gasteiger partial charge is 0.492 e. The molecule has 0 saturated carbocycles. The summed E-state index contributed by atoms with van der Waals surface area (Å²) >= 11 is 0. The first-order valence-corrected chi connectivity index (χ1v) is 9.58. The van der Waals surface area contributed by atoms with E-state index in [0.717, 1.165) is 29.6 Å². The van der Waals surface area contributed by atoms with Crippen molar-refractivity contribution in [2.75, 3.05) is 47.4 Å². The lowest BCUT2D eigenvalue weighted by atomic mass is 10.2. The lowest BCUT2D eigenvalue weighted by molar-refractivity contribution is 0.259. The number of rotatable bonds is 10. The molecule has 2 N–H and O–H groups in total. The summed E-state index contributed by atoms with van der Waals surface area (Å²) in [4.78, 5) is 6.37. The number of aryl methyl sites for hydroxylation is 1. The topological polar surface area (TPSA) is 58.1 Å². The third-order valence-corrected chi connectivity index (χ3v) is 4.12. The van der Waals surface area contributed by atoms with Crippen LogP contribution in [0.25, 0.3) is 0 Å². The average molecular weight is 385 g/mol. The minimum absolute atomic E-state index is 0.563. The summed E-state index contributed by atoms with van der Waals surface area (Å²) in [5.41, 5.74) is 2.32. The number of aliphatic imine (C=N–C) groups is 1. The molecule has 28 heavy (non-hydrogen) atoms. The molecule has 0 aliphatic carbocycles. The average Bonchev–Trinajstić information content (AvgIpc) is 2.69. The highest BCUT2D eigenvalue weighted by atomic mass is 16.5. The van der Waals surface area contributed by atoms with Gasteiger partial charge in [0.05, 0.1) is 6.54 Å². The number of nitrogens with zero attached hydrogens (tertiary/aromatic N) is 2. The molecule has 6 heteroatoms. The summed E-state index contributed by atoms with van der Waals surface area (Å²) in [7, 11) is 5.83. The number of likely N-dealkylation sites (N-methyl/N-ethyl adjacent to an activating group) is 1. The molecule has 2 aromatic carbocycles. The van der Waals surface area contributed by atoms with Crippen LogP contribution in [0.4, 0.5) is 0 Å². The van der Waals surface area contributed by atoms with Crippen molar-refractivity contribution in [3.8, 4) is 11.5 Å². The Morgan fingerprint density at radius 1 is 0.964 bits per heavy atom.